The summed E-state index contributed by atoms with van der Waals surface area (Å²) in [5.74, 6) is -0.863. The molecular formula is C10H5BrF3NO. The van der Waals surface area contributed by atoms with Gasteiger partial charge in [-0.2, -0.15) is 13.2 Å². The highest BCUT2D eigenvalue weighted by atomic mass is 79.9. The molecule has 16 heavy (non-hydrogen) atoms. The average Bonchev–Trinajstić information content (AvgIpc) is 2.15. The van der Waals surface area contributed by atoms with Crippen LogP contribution in [-0.2, 0) is 6.18 Å². The molecule has 1 aromatic carbocycles. The number of alkyl halides is 3. The van der Waals surface area contributed by atoms with Crippen LogP contribution in [0, 0.1) is 0 Å². The van der Waals surface area contributed by atoms with Crippen molar-refractivity contribution >= 4 is 26.8 Å². The number of aromatic nitrogens is 1. The quantitative estimate of drug-likeness (QED) is 0.802. The topological polar surface area (TPSA) is 33.1 Å². The molecule has 2 nitrogen and oxygen atoms in total. The van der Waals surface area contributed by atoms with E-state index in [1.807, 2.05) is 0 Å². The lowest BCUT2D eigenvalue weighted by molar-refractivity contribution is -0.142. The van der Waals surface area contributed by atoms with Crippen LogP contribution in [0.3, 0.4) is 0 Å². The van der Waals surface area contributed by atoms with Gasteiger partial charge in [0.1, 0.15) is 5.75 Å². The molecule has 0 radical (unpaired) electrons. The molecule has 2 rings (SSSR count). The summed E-state index contributed by atoms with van der Waals surface area (Å²) >= 11 is 3.11. The largest absolute Gasteiger partial charge is 0.506 e. The third-order valence-electron chi connectivity index (χ3n) is 2.04. The van der Waals surface area contributed by atoms with E-state index in [2.05, 4.69) is 20.9 Å². The van der Waals surface area contributed by atoms with E-state index in [1.54, 1.807) is 18.2 Å². The summed E-state index contributed by atoms with van der Waals surface area (Å²) in [4.78, 5) is 3.42. The third-order valence-corrected chi connectivity index (χ3v) is 2.68. The molecule has 0 amide bonds. The van der Waals surface area contributed by atoms with E-state index < -0.39 is 17.6 Å². The molecule has 1 heterocycles. The van der Waals surface area contributed by atoms with Crippen molar-refractivity contribution in [3.05, 3.63) is 34.4 Å². The second-order valence-corrected chi connectivity index (χ2v) is 4.02. The molecule has 0 bridgehead atoms. The molecule has 0 fully saturated rings. The van der Waals surface area contributed by atoms with Gasteiger partial charge in [-0.1, -0.05) is 12.1 Å². The van der Waals surface area contributed by atoms with E-state index in [9.17, 15) is 18.3 Å². The van der Waals surface area contributed by atoms with Crippen molar-refractivity contribution < 1.29 is 18.3 Å². The number of fused-ring (bicyclic) bond motifs is 1. The molecule has 1 aromatic heterocycles. The highest BCUT2D eigenvalue weighted by Gasteiger charge is 2.36. The van der Waals surface area contributed by atoms with Gasteiger partial charge in [0.05, 0.1) is 5.52 Å². The third kappa shape index (κ3) is 1.84. The van der Waals surface area contributed by atoms with Crippen molar-refractivity contribution in [1.29, 1.82) is 0 Å². The molecule has 0 saturated carbocycles. The number of aromatic hydroxyl groups is 1. The van der Waals surface area contributed by atoms with Gasteiger partial charge in [0.15, 0.2) is 5.69 Å². The van der Waals surface area contributed by atoms with Gasteiger partial charge in [0.25, 0.3) is 0 Å². The zero-order valence-corrected chi connectivity index (χ0v) is 9.30. The Kier molecular flexibility index (Phi) is 2.53. The summed E-state index contributed by atoms with van der Waals surface area (Å²) < 4.78 is 37.9. The fraction of sp³-hybridized carbons (Fsp3) is 0.100. The van der Waals surface area contributed by atoms with Crippen LogP contribution in [0.4, 0.5) is 13.2 Å². The van der Waals surface area contributed by atoms with Crippen LogP contribution in [0.5, 0.6) is 5.75 Å². The normalized spacial score (nSPS) is 12.0. The Hall–Kier alpha value is -1.30. The number of pyridine rings is 1. The fourth-order valence-electron chi connectivity index (χ4n) is 1.36. The maximum Gasteiger partial charge on any atom is 0.437 e. The Labute approximate surface area is 96.9 Å². The maximum absolute atomic E-state index is 12.5. The molecular weight excluding hydrogens is 287 g/mol. The molecule has 0 atom stereocenters. The fourth-order valence-corrected chi connectivity index (χ4v) is 1.83. The Balaban J connectivity index is 2.80. The van der Waals surface area contributed by atoms with Gasteiger partial charge >= 0.3 is 6.18 Å². The van der Waals surface area contributed by atoms with E-state index in [0.717, 1.165) is 6.07 Å². The number of benzene rings is 1. The van der Waals surface area contributed by atoms with Crippen LogP contribution in [0.2, 0.25) is 0 Å². The molecule has 2 aromatic rings. The lowest BCUT2D eigenvalue weighted by Crippen LogP contribution is -2.08. The van der Waals surface area contributed by atoms with E-state index in [4.69, 9.17) is 0 Å². The molecule has 1 N–H and O–H groups in total. The van der Waals surface area contributed by atoms with Gasteiger partial charge in [-0.05, 0) is 28.1 Å². The summed E-state index contributed by atoms with van der Waals surface area (Å²) in [6.07, 6.45) is -4.66. The summed E-state index contributed by atoms with van der Waals surface area (Å²) in [6.45, 7) is 0. The molecule has 0 saturated heterocycles. The molecule has 0 aliphatic rings. The predicted octanol–water partition coefficient (Wildman–Crippen LogP) is 3.72. The van der Waals surface area contributed by atoms with Crippen LogP contribution in [0.1, 0.15) is 5.69 Å². The number of hydrogen-bond acceptors (Lipinski definition) is 2. The number of nitrogens with zero attached hydrogens (tertiary/aromatic N) is 1. The van der Waals surface area contributed by atoms with Gasteiger partial charge < -0.3 is 5.11 Å². The Morgan fingerprint density at radius 1 is 1.25 bits per heavy atom. The van der Waals surface area contributed by atoms with Crippen molar-refractivity contribution in [3.8, 4) is 5.75 Å². The zero-order valence-electron chi connectivity index (χ0n) is 7.72. The van der Waals surface area contributed by atoms with Crippen molar-refractivity contribution in [2.45, 2.75) is 6.18 Å². The first-order valence-corrected chi connectivity index (χ1v) is 5.04. The van der Waals surface area contributed by atoms with Gasteiger partial charge in [-0.15, -0.1) is 0 Å². The summed E-state index contributed by atoms with van der Waals surface area (Å²) in [6, 6.07) is 5.87. The van der Waals surface area contributed by atoms with Crippen molar-refractivity contribution in [2.24, 2.45) is 0 Å². The monoisotopic (exact) mass is 291 g/mol. The SMILES string of the molecule is Oc1cc2cccc(Br)c2nc1C(F)(F)F. The van der Waals surface area contributed by atoms with Crippen LogP contribution in [0.25, 0.3) is 10.9 Å². The second kappa shape index (κ2) is 3.62. The molecule has 0 unspecified atom stereocenters. The first-order valence-electron chi connectivity index (χ1n) is 4.25. The average molecular weight is 292 g/mol. The highest BCUT2D eigenvalue weighted by molar-refractivity contribution is 9.10. The van der Waals surface area contributed by atoms with E-state index >= 15 is 0 Å². The molecule has 6 heteroatoms. The lowest BCUT2D eigenvalue weighted by atomic mass is 10.2. The van der Waals surface area contributed by atoms with Gasteiger partial charge in [0, 0.05) is 9.86 Å². The summed E-state index contributed by atoms with van der Waals surface area (Å²) in [5.41, 5.74) is -1.10. The van der Waals surface area contributed by atoms with Gasteiger partial charge in [-0.25, -0.2) is 4.98 Å². The summed E-state index contributed by atoms with van der Waals surface area (Å²) in [5, 5.41) is 9.68. The standard InChI is InChI=1S/C10H5BrF3NO/c11-6-3-1-2-5-4-7(16)9(10(12,13)14)15-8(5)6/h1-4,16H. The van der Waals surface area contributed by atoms with E-state index in [0.29, 0.717) is 9.86 Å². The number of para-hydroxylation sites is 1. The maximum atomic E-state index is 12.5. The van der Waals surface area contributed by atoms with E-state index in [-0.39, 0.29) is 5.52 Å². The Morgan fingerprint density at radius 2 is 1.94 bits per heavy atom. The van der Waals surface area contributed by atoms with Crippen molar-refractivity contribution in [3.63, 3.8) is 0 Å². The van der Waals surface area contributed by atoms with Crippen molar-refractivity contribution in [1.82, 2.24) is 4.98 Å². The molecule has 0 aliphatic carbocycles. The smallest absolute Gasteiger partial charge is 0.437 e. The molecule has 0 aliphatic heterocycles. The van der Waals surface area contributed by atoms with Gasteiger partial charge in [0.2, 0.25) is 0 Å². The first-order chi connectivity index (χ1) is 7.39. The lowest BCUT2D eigenvalue weighted by Gasteiger charge is -2.09. The minimum absolute atomic E-state index is 0.174. The molecule has 0 spiro atoms. The number of halogens is 4. The van der Waals surface area contributed by atoms with Crippen LogP contribution in [0.15, 0.2) is 28.7 Å². The first kappa shape index (κ1) is 11.2. The summed E-state index contributed by atoms with van der Waals surface area (Å²) in [7, 11) is 0. The second-order valence-electron chi connectivity index (χ2n) is 3.17. The highest BCUT2D eigenvalue weighted by Crippen LogP contribution is 2.36. The van der Waals surface area contributed by atoms with Crippen molar-refractivity contribution in [2.75, 3.05) is 0 Å². The van der Waals surface area contributed by atoms with Crippen LogP contribution in [-0.4, -0.2) is 10.1 Å². The minimum atomic E-state index is -4.66. The van der Waals surface area contributed by atoms with E-state index in [1.165, 1.54) is 0 Å². The molecule has 84 valence electrons. The Morgan fingerprint density at radius 3 is 2.56 bits per heavy atom. The number of rotatable bonds is 0. The Bertz CT molecular complexity index is 553. The van der Waals surface area contributed by atoms with Gasteiger partial charge in [-0.3, -0.25) is 0 Å². The predicted molar refractivity (Wildman–Crippen MR) is 56.1 cm³/mol. The minimum Gasteiger partial charge on any atom is -0.506 e. The number of hydrogen-bond donors (Lipinski definition) is 1. The zero-order chi connectivity index (χ0) is 11.9. The van der Waals surface area contributed by atoms with Crippen LogP contribution < -0.4 is 0 Å². The van der Waals surface area contributed by atoms with Crippen LogP contribution >= 0.6 is 15.9 Å².